The first-order chi connectivity index (χ1) is 9.73. The first-order valence-corrected chi connectivity index (χ1v) is 8.42. The molecule has 0 aromatic heterocycles. The summed E-state index contributed by atoms with van der Waals surface area (Å²) in [6, 6.07) is 10.7. The van der Waals surface area contributed by atoms with Crippen molar-refractivity contribution in [2.75, 3.05) is 6.61 Å². The van der Waals surface area contributed by atoms with E-state index in [0.29, 0.717) is 0 Å². The quantitative estimate of drug-likeness (QED) is 0.424. The topological polar surface area (TPSA) is 9.23 Å². The molecule has 0 aliphatic carbocycles. The molecule has 2 heteroatoms. The van der Waals surface area contributed by atoms with E-state index >= 15 is 0 Å². The fourth-order valence-electron chi connectivity index (χ4n) is 2.83. The van der Waals surface area contributed by atoms with Gasteiger partial charge in [-0.05, 0) is 25.8 Å². The van der Waals surface area contributed by atoms with Gasteiger partial charge in [0.1, 0.15) is 0 Å². The molecule has 0 aliphatic heterocycles. The molecule has 0 N–H and O–H groups in total. The number of rotatable bonds is 11. The van der Waals surface area contributed by atoms with E-state index in [1.165, 1.54) is 50.5 Å². The van der Waals surface area contributed by atoms with Crippen molar-refractivity contribution < 1.29 is 4.74 Å². The van der Waals surface area contributed by atoms with Crippen LogP contribution in [0.25, 0.3) is 0 Å². The van der Waals surface area contributed by atoms with Crippen LogP contribution in [-0.4, -0.2) is 6.61 Å². The normalized spacial score (nSPS) is 13.5. The minimum Gasteiger partial charge on any atom is -0.371 e. The minimum absolute atomic E-state index is 0. The third-order valence-electron chi connectivity index (χ3n) is 4.10. The summed E-state index contributed by atoms with van der Waals surface area (Å²) < 4.78 is 6.06. The number of hydrogen-bond donors (Lipinski definition) is 0. The monoisotopic (exact) mass is 312 g/mol. The van der Waals surface area contributed by atoms with Crippen molar-refractivity contribution in [3.63, 3.8) is 0 Å². The Labute approximate surface area is 137 Å². The van der Waals surface area contributed by atoms with Crippen LogP contribution in [0.5, 0.6) is 0 Å². The van der Waals surface area contributed by atoms with E-state index in [-0.39, 0.29) is 18.0 Å². The lowest BCUT2D eigenvalue weighted by Crippen LogP contribution is -2.26. The van der Waals surface area contributed by atoms with Crippen molar-refractivity contribution in [3.05, 3.63) is 35.9 Å². The van der Waals surface area contributed by atoms with Crippen LogP contribution < -0.4 is 0 Å². The van der Waals surface area contributed by atoms with Gasteiger partial charge in [-0.25, -0.2) is 0 Å². The molecular weight excluding hydrogens is 280 g/mol. The van der Waals surface area contributed by atoms with Gasteiger partial charge >= 0.3 is 0 Å². The third kappa shape index (κ3) is 7.87. The summed E-state index contributed by atoms with van der Waals surface area (Å²) >= 11 is 0. The number of benzene rings is 1. The predicted molar refractivity (Wildman–Crippen MR) is 95.3 cm³/mol. The molecule has 0 heterocycles. The molecule has 21 heavy (non-hydrogen) atoms. The van der Waals surface area contributed by atoms with Crippen LogP contribution in [-0.2, 0) is 10.3 Å². The van der Waals surface area contributed by atoms with Crippen LogP contribution in [0.2, 0.25) is 0 Å². The molecule has 0 aliphatic rings. The van der Waals surface area contributed by atoms with Crippen LogP contribution in [0.1, 0.15) is 77.7 Å². The van der Waals surface area contributed by atoms with Gasteiger partial charge in [0.2, 0.25) is 0 Å². The summed E-state index contributed by atoms with van der Waals surface area (Å²) in [7, 11) is 0. The molecule has 1 aromatic rings. The second kappa shape index (κ2) is 12.1. The zero-order chi connectivity index (χ0) is 14.7. The first kappa shape index (κ1) is 20.5. The molecule has 0 fully saturated rings. The van der Waals surface area contributed by atoms with E-state index < -0.39 is 0 Å². The molecule has 1 rings (SSSR count). The molecule has 0 radical (unpaired) electrons. The van der Waals surface area contributed by atoms with Crippen molar-refractivity contribution in [2.24, 2.45) is 0 Å². The Morgan fingerprint density at radius 3 is 2.00 bits per heavy atom. The van der Waals surface area contributed by atoms with Gasteiger partial charge < -0.3 is 4.74 Å². The third-order valence-corrected chi connectivity index (χ3v) is 4.10. The minimum atomic E-state index is -0.112. The average Bonchev–Trinajstić information content (AvgIpc) is 2.47. The van der Waals surface area contributed by atoms with Gasteiger partial charge in [0.05, 0.1) is 5.60 Å². The fraction of sp³-hybridized carbons (Fsp3) is 0.684. The highest BCUT2D eigenvalue weighted by atomic mass is 35.5. The summed E-state index contributed by atoms with van der Waals surface area (Å²) in [4.78, 5) is 0. The standard InChI is InChI=1S/C19H32O.ClH/c1-4-6-7-8-9-10-14-17-19(3,20-5-2)18-15-12-11-13-16-18;/h11-13,15-16H,4-10,14,17H2,1-3H3;1H. The molecule has 1 atom stereocenters. The fourth-order valence-corrected chi connectivity index (χ4v) is 2.83. The van der Waals surface area contributed by atoms with Gasteiger partial charge in [0.25, 0.3) is 0 Å². The molecular formula is C19H33ClO. The molecule has 0 spiro atoms. The highest BCUT2D eigenvalue weighted by molar-refractivity contribution is 5.85. The Morgan fingerprint density at radius 2 is 1.43 bits per heavy atom. The van der Waals surface area contributed by atoms with Crippen LogP contribution in [0.4, 0.5) is 0 Å². The SMILES string of the molecule is CCCCCCCCCC(C)(OCC)c1ccccc1.Cl. The molecule has 0 amide bonds. The smallest absolute Gasteiger partial charge is 0.0903 e. The number of halogens is 1. The van der Waals surface area contributed by atoms with E-state index in [4.69, 9.17) is 4.74 Å². The van der Waals surface area contributed by atoms with Gasteiger partial charge in [-0.15, -0.1) is 12.4 Å². The van der Waals surface area contributed by atoms with E-state index in [2.05, 4.69) is 51.1 Å². The maximum atomic E-state index is 6.06. The summed E-state index contributed by atoms with van der Waals surface area (Å²) in [6.45, 7) is 7.38. The van der Waals surface area contributed by atoms with Crippen molar-refractivity contribution >= 4 is 12.4 Å². The lowest BCUT2D eigenvalue weighted by Gasteiger charge is -2.30. The second-order valence-corrected chi connectivity index (χ2v) is 5.90. The van der Waals surface area contributed by atoms with E-state index in [1.54, 1.807) is 0 Å². The Morgan fingerprint density at radius 1 is 0.857 bits per heavy atom. The van der Waals surface area contributed by atoms with Crippen molar-refractivity contribution in [1.29, 1.82) is 0 Å². The number of ether oxygens (including phenoxy) is 1. The molecule has 1 aromatic carbocycles. The number of hydrogen-bond acceptors (Lipinski definition) is 1. The van der Waals surface area contributed by atoms with Crippen molar-refractivity contribution in [2.45, 2.75) is 77.7 Å². The molecule has 0 saturated heterocycles. The average molecular weight is 313 g/mol. The van der Waals surface area contributed by atoms with Gasteiger partial charge in [-0.3, -0.25) is 0 Å². The van der Waals surface area contributed by atoms with Crippen LogP contribution in [0, 0.1) is 0 Å². The summed E-state index contributed by atoms with van der Waals surface area (Å²) in [5.41, 5.74) is 1.20. The Kier molecular flexibility index (Phi) is 11.8. The van der Waals surface area contributed by atoms with Crippen molar-refractivity contribution in [1.82, 2.24) is 0 Å². The molecule has 0 bridgehead atoms. The van der Waals surface area contributed by atoms with E-state index in [0.717, 1.165) is 13.0 Å². The molecule has 1 unspecified atom stereocenters. The maximum absolute atomic E-state index is 6.06. The molecule has 1 nitrogen and oxygen atoms in total. The van der Waals surface area contributed by atoms with E-state index in [1.807, 2.05) is 0 Å². The Balaban J connectivity index is 0.00000400. The summed E-state index contributed by atoms with van der Waals surface area (Å²) in [5.74, 6) is 0. The lowest BCUT2D eigenvalue weighted by atomic mass is 9.89. The maximum Gasteiger partial charge on any atom is 0.0903 e. The summed E-state index contributed by atoms with van der Waals surface area (Å²) in [5, 5.41) is 0. The van der Waals surface area contributed by atoms with Gasteiger partial charge in [-0.1, -0.05) is 82.2 Å². The highest BCUT2D eigenvalue weighted by Crippen LogP contribution is 2.31. The molecule has 0 saturated carbocycles. The van der Waals surface area contributed by atoms with Gasteiger partial charge in [0.15, 0.2) is 0 Å². The second-order valence-electron chi connectivity index (χ2n) is 5.90. The zero-order valence-electron chi connectivity index (χ0n) is 14.1. The Hall–Kier alpha value is -0.530. The lowest BCUT2D eigenvalue weighted by molar-refractivity contribution is -0.0376. The van der Waals surface area contributed by atoms with Crippen LogP contribution in [0.3, 0.4) is 0 Å². The first-order valence-electron chi connectivity index (χ1n) is 8.42. The van der Waals surface area contributed by atoms with E-state index in [9.17, 15) is 0 Å². The Bertz CT molecular complexity index is 339. The zero-order valence-corrected chi connectivity index (χ0v) is 14.9. The van der Waals surface area contributed by atoms with Crippen molar-refractivity contribution in [3.8, 4) is 0 Å². The van der Waals surface area contributed by atoms with Gasteiger partial charge in [-0.2, -0.15) is 0 Å². The van der Waals surface area contributed by atoms with Gasteiger partial charge in [0, 0.05) is 6.61 Å². The summed E-state index contributed by atoms with van der Waals surface area (Å²) in [6.07, 6.45) is 10.6. The predicted octanol–water partition coefficient (Wildman–Crippen LogP) is 6.50. The largest absolute Gasteiger partial charge is 0.371 e. The number of unbranched alkanes of at least 4 members (excludes halogenated alkanes) is 6. The van der Waals surface area contributed by atoms with Crippen LogP contribution in [0.15, 0.2) is 30.3 Å². The van der Waals surface area contributed by atoms with Crippen LogP contribution >= 0.6 is 12.4 Å². The highest BCUT2D eigenvalue weighted by Gasteiger charge is 2.25. The molecule has 122 valence electrons.